The first-order valence-corrected chi connectivity index (χ1v) is 7.74. The van der Waals surface area contributed by atoms with E-state index in [1.807, 2.05) is 0 Å². The lowest BCUT2D eigenvalue weighted by molar-refractivity contribution is 0.274. The average molecular weight is 262 g/mol. The van der Waals surface area contributed by atoms with E-state index in [0.717, 1.165) is 18.9 Å². The zero-order valence-corrected chi connectivity index (χ0v) is 13.3. The lowest BCUT2D eigenvalue weighted by atomic mass is 9.74. The fourth-order valence-electron chi connectivity index (χ4n) is 3.47. The molecule has 0 spiro atoms. The van der Waals surface area contributed by atoms with Crippen LogP contribution in [0.2, 0.25) is 0 Å². The summed E-state index contributed by atoms with van der Waals surface area (Å²) in [5.41, 5.74) is 11.0. The molecule has 0 aromatic carbocycles. The summed E-state index contributed by atoms with van der Waals surface area (Å²) in [7, 11) is 0. The van der Waals surface area contributed by atoms with Crippen molar-refractivity contribution in [2.45, 2.75) is 72.9 Å². The van der Waals surface area contributed by atoms with E-state index in [-0.39, 0.29) is 6.04 Å². The molecule has 1 aliphatic carbocycles. The number of aromatic nitrogens is 1. The molecule has 0 amide bonds. The molecule has 19 heavy (non-hydrogen) atoms. The second-order valence-corrected chi connectivity index (χ2v) is 7.53. The molecular formula is C17H30N2. The van der Waals surface area contributed by atoms with Gasteiger partial charge in [-0.2, -0.15) is 0 Å². The molecule has 2 N–H and O–H groups in total. The van der Waals surface area contributed by atoms with E-state index >= 15 is 0 Å². The van der Waals surface area contributed by atoms with E-state index in [4.69, 9.17) is 5.73 Å². The summed E-state index contributed by atoms with van der Waals surface area (Å²) in [6, 6.07) is 2.55. The highest BCUT2D eigenvalue weighted by Gasteiger charge is 2.33. The van der Waals surface area contributed by atoms with Crippen LogP contribution < -0.4 is 5.73 Å². The summed E-state index contributed by atoms with van der Waals surface area (Å²) in [5.74, 6) is 0.797. The summed E-state index contributed by atoms with van der Waals surface area (Å²) < 4.78 is 2.53. The zero-order chi connectivity index (χ0) is 14.2. The molecule has 0 saturated carbocycles. The maximum Gasteiger partial charge on any atom is 0.0318 e. The third-order valence-corrected chi connectivity index (χ3v) is 4.43. The van der Waals surface area contributed by atoms with Gasteiger partial charge >= 0.3 is 0 Å². The van der Waals surface area contributed by atoms with Crippen LogP contribution in [0.15, 0.2) is 6.07 Å². The molecule has 2 rings (SSSR count). The van der Waals surface area contributed by atoms with Crippen LogP contribution in [0.1, 0.15) is 70.0 Å². The fraction of sp³-hybridized carbons (Fsp3) is 0.765. The molecule has 2 heteroatoms. The Balaban J connectivity index is 2.21. The first-order chi connectivity index (χ1) is 8.80. The van der Waals surface area contributed by atoms with Gasteiger partial charge in [0.05, 0.1) is 0 Å². The summed E-state index contributed by atoms with van der Waals surface area (Å²) in [6.45, 7) is 12.7. The van der Waals surface area contributed by atoms with E-state index in [2.05, 4.69) is 45.3 Å². The quantitative estimate of drug-likeness (QED) is 0.866. The van der Waals surface area contributed by atoms with Crippen LogP contribution in [0.25, 0.3) is 0 Å². The van der Waals surface area contributed by atoms with Crippen LogP contribution in [0.4, 0.5) is 0 Å². The topological polar surface area (TPSA) is 30.9 Å². The summed E-state index contributed by atoms with van der Waals surface area (Å²) in [4.78, 5) is 0. The van der Waals surface area contributed by atoms with E-state index in [1.54, 1.807) is 0 Å². The molecule has 1 heterocycles. The lowest BCUT2D eigenvalue weighted by Crippen LogP contribution is -2.30. The Morgan fingerprint density at radius 3 is 2.74 bits per heavy atom. The van der Waals surface area contributed by atoms with Crippen molar-refractivity contribution in [1.29, 1.82) is 0 Å². The Labute approximate surface area is 118 Å². The summed E-state index contributed by atoms with van der Waals surface area (Å²) >= 11 is 0. The van der Waals surface area contributed by atoms with Crippen molar-refractivity contribution < 1.29 is 0 Å². The lowest BCUT2D eigenvalue weighted by Gasteiger charge is -2.34. The standard InChI is InChI=1S/C17H30N2/c1-12(2)7-6-8-19-13(3)9-14-15(18)10-17(4,5)11-16(14)19/h9,12,15H,6-8,10-11,18H2,1-5H3. The van der Waals surface area contributed by atoms with E-state index in [9.17, 15) is 0 Å². The largest absolute Gasteiger partial charge is 0.349 e. The highest BCUT2D eigenvalue weighted by molar-refractivity contribution is 5.34. The van der Waals surface area contributed by atoms with Gasteiger partial charge in [0, 0.05) is 24.0 Å². The van der Waals surface area contributed by atoms with E-state index in [1.165, 1.54) is 36.2 Å². The van der Waals surface area contributed by atoms with Crippen molar-refractivity contribution in [3.05, 3.63) is 23.0 Å². The predicted octanol–water partition coefficient (Wildman–Crippen LogP) is 4.20. The highest BCUT2D eigenvalue weighted by atomic mass is 15.0. The van der Waals surface area contributed by atoms with Gasteiger partial charge < -0.3 is 10.3 Å². The predicted molar refractivity (Wildman–Crippen MR) is 82.3 cm³/mol. The Bertz CT molecular complexity index is 440. The maximum atomic E-state index is 6.37. The second kappa shape index (κ2) is 5.32. The molecule has 0 radical (unpaired) electrons. The van der Waals surface area contributed by atoms with E-state index in [0.29, 0.717) is 5.41 Å². The fourth-order valence-corrected chi connectivity index (χ4v) is 3.47. The molecule has 1 aromatic heterocycles. The molecule has 0 fully saturated rings. The van der Waals surface area contributed by atoms with E-state index < -0.39 is 0 Å². The number of fused-ring (bicyclic) bond motifs is 1. The molecule has 2 nitrogen and oxygen atoms in total. The Morgan fingerprint density at radius 2 is 2.11 bits per heavy atom. The minimum absolute atomic E-state index is 0.226. The molecule has 108 valence electrons. The number of nitrogens with two attached hydrogens (primary N) is 1. The van der Waals surface area contributed by atoms with Crippen molar-refractivity contribution in [3.63, 3.8) is 0 Å². The number of hydrogen-bond donors (Lipinski definition) is 1. The smallest absolute Gasteiger partial charge is 0.0318 e. The number of rotatable bonds is 4. The summed E-state index contributed by atoms with van der Waals surface area (Å²) in [6.07, 6.45) is 4.86. The first kappa shape index (κ1) is 14.6. The van der Waals surface area contributed by atoms with Crippen LogP contribution >= 0.6 is 0 Å². The maximum absolute atomic E-state index is 6.37. The Hall–Kier alpha value is -0.760. The highest BCUT2D eigenvalue weighted by Crippen LogP contribution is 2.40. The van der Waals surface area contributed by atoms with Crippen molar-refractivity contribution in [3.8, 4) is 0 Å². The van der Waals surface area contributed by atoms with Crippen molar-refractivity contribution in [2.75, 3.05) is 0 Å². The van der Waals surface area contributed by atoms with Crippen LogP contribution in [0.3, 0.4) is 0 Å². The van der Waals surface area contributed by atoms with Gasteiger partial charge in [-0.3, -0.25) is 0 Å². The minimum atomic E-state index is 0.226. The third kappa shape index (κ3) is 3.22. The molecule has 0 aliphatic heterocycles. The average Bonchev–Trinajstić information content (AvgIpc) is 2.55. The van der Waals surface area contributed by atoms with Gasteiger partial charge in [-0.25, -0.2) is 0 Å². The Kier molecular flexibility index (Phi) is 4.10. The van der Waals surface area contributed by atoms with Crippen molar-refractivity contribution in [1.82, 2.24) is 4.57 Å². The Morgan fingerprint density at radius 1 is 1.42 bits per heavy atom. The van der Waals surface area contributed by atoms with Crippen LogP contribution in [-0.4, -0.2) is 4.57 Å². The van der Waals surface area contributed by atoms with Crippen LogP contribution in [0, 0.1) is 18.3 Å². The normalized spacial score (nSPS) is 21.7. The molecule has 1 aromatic rings. The number of hydrogen-bond acceptors (Lipinski definition) is 1. The van der Waals surface area contributed by atoms with Crippen LogP contribution in [0.5, 0.6) is 0 Å². The van der Waals surface area contributed by atoms with Gasteiger partial charge in [0.2, 0.25) is 0 Å². The minimum Gasteiger partial charge on any atom is -0.349 e. The monoisotopic (exact) mass is 262 g/mol. The number of nitrogens with zero attached hydrogens (tertiary/aromatic N) is 1. The number of aryl methyl sites for hydroxylation is 1. The van der Waals surface area contributed by atoms with Gasteiger partial charge in [0.25, 0.3) is 0 Å². The van der Waals surface area contributed by atoms with Gasteiger partial charge in [0.15, 0.2) is 0 Å². The van der Waals surface area contributed by atoms with Gasteiger partial charge in [-0.15, -0.1) is 0 Å². The SMILES string of the molecule is Cc1cc2c(n1CCCC(C)C)CC(C)(C)CC2N. The molecule has 0 bridgehead atoms. The summed E-state index contributed by atoms with van der Waals surface area (Å²) in [5, 5.41) is 0. The van der Waals surface area contributed by atoms with Crippen LogP contribution in [-0.2, 0) is 13.0 Å². The second-order valence-electron chi connectivity index (χ2n) is 7.53. The molecular weight excluding hydrogens is 232 g/mol. The third-order valence-electron chi connectivity index (χ3n) is 4.43. The van der Waals surface area contributed by atoms with Gasteiger partial charge in [-0.1, -0.05) is 27.7 Å². The first-order valence-electron chi connectivity index (χ1n) is 7.74. The molecule has 1 unspecified atom stereocenters. The zero-order valence-electron chi connectivity index (χ0n) is 13.3. The van der Waals surface area contributed by atoms with Crippen molar-refractivity contribution in [2.24, 2.45) is 17.1 Å². The molecule has 0 saturated heterocycles. The molecule has 1 aliphatic rings. The van der Waals surface area contributed by atoms with Gasteiger partial charge in [-0.05, 0) is 55.6 Å². The molecule has 1 atom stereocenters. The van der Waals surface area contributed by atoms with Crippen molar-refractivity contribution >= 4 is 0 Å². The van der Waals surface area contributed by atoms with Gasteiger partial charge in [0.1, 0.15) is 0 Å².